The summed E-state index contributed by atoms with van der Waals surface area (Å²) in [6.07, 6.45) is 6.66. The first-order chi connectivity index (χ1) is 9.24. The number of fused-ring (bicyclic) bond motifs is 1. The number of aromatic nitrogens is 1. The molecule has 0 saturated carbocycles. The number of pyridine rings is 1. The molecular formula is C15H13BrN2O. The number of carbonyl (C=O) groups is 1. The molecule has 0 atom stereocenters. The van der Waals surface area contributed by atoms with Crippen molar-refractivity contribution in [1.29, 1.82) is 0 Å². The second kappa shape index (κ2) is 5.13. The number of halogens is 1. The average molecular weight is 317 g/mol. The van der Waals surface area contributed by atoms with Crippen LogP contribution in [0.5, 0.6) is 0 Å². The van der Waals surface area contributed by atoms with E-state index in [-0.39, 0.29) is 5.91 Å². The van der Waals surface area contributed by atoms with Gasteiger partial charge in [-0.2, -0.15) is 0 Å². The maximum atomic E-state index is 12.1. The molecule has 0 radical (unpaired) electrons. The maximum absolute atomic E-state index is 12.1. The third-order valence-electron chi connectivity index (χ3n) is 3.37. The van der Waals surface area contributed by atoms with Gasteiger partial charge in [0.25, 0.3) is 5.91 Å². The van der Waals surface area contributed by atoms with Gasteiger partial charge in [0.15, 0.2) is 0 Å². The molecule has 0 spiro atoms. The zero-order valence-corrected chi connectivity index (χ0v) is 11.9. The highest BCUT2D eigenvalue weighted by atomic mass is 79.9. The summed E-state index contributed by atoms with van der Waals surface area (Å²) < 4.78 is 0.940. The molecule has 4 heteroatoms. The van der Waals surface area contributed by atoms with Crippen LogP contribution in [0.2, 0.25) is 0 Å². The van der Waals surface area contributed by atoms with Gasteiger partial charge in [0.1, 0.15) is 0 Å². The summed E-state index contributed by atoms with van der Waals surface area (Å²) >= 11 is 3.52. The van der Waals surface area contributed by atoms with Crippen molar-refractivity contribution in [3.63, 3.8) is 0 Å². The number of benzene rings is 1. The Labute approximate surface area is 120 Å². The van der Waals surface area contributed by atoms with Crippen molar-refractivity contribution in [2.24, 2.45) is 0 Å². The normalized spacial score (nSPS) is 13.1. The lowest BCUT2D eigenvalue weighted by molar-refractivity contribution is 0.102. The van der Waals surface area contributed by atoms with E-state index in [1.54, 1.807) is 24.5 Å². The van der Waals surface area contributed by atoms with Crippen LogP contribution in [0.1, 0.15) is 27.9 Å². The standard InChI is InChI=1S/C15H13BrN2O/c16-13-8-11-2-1-3-12(11)9-14(13)18-15(19)10-4-6-17-7-5-10/h4-9H,1-3H2,(H,18,19). The molecule has 1 N–H and O–H groups in total. The number of aryl methyl sites for hydroxylation is 2. The number of hydrogen-bond acceptors (Lipinski definition) is 2. The molecule has 0 saturated heterocycles. The summed E-state index contributed by atoms with van der Waals surface area (Å²) in [5.41, 5.74) is 4.17. The third kappa shape index (κ3) is 2.54. The van der Waals surface area contributed by atoms with Gasteiger partial charge in [0.2, 0.25) is 0 Å². The number of hydrogen-bond donors (Lipinski definition) is 1. The van der Waals surface area contributed by atoms with E-state index >= 15 is 0 Å². The molecule has 1 aliphatic rings. The Bertz CT molecular complexity index is 626. The third-order valence-corrected chi connectivity index (χ3v) is 4.03. The molecule has 1 amide bonds. The number of rotatable bonds is 2. The molecule has 96 valence electrons. The first kappa shape index (κ1) is 12.4. The van der Waals surface area contributed by atoms with Crippen molar-refractivity contribution < 1.29 is 4.79 Å². The molecule has 1 aromatic heterocycles. The number of amides is 1. The van der Waals surface area contributed by atoms with E-state index in [9.17, 15) is 4.79 Å². The van der Waals surface area contributed by atoms with Gasteiger partial charge in [-0.15, -0.1) is 0 Å². The van der Waals surface area contributed by atoms with E-state index in [4.69, 9.17) is 0 Å². The van der Waals surface area contributed by atoms with Crippen LogP contribution in [-0.2, 0) is 12.8 Å². The Kier molecular flexibility index (Phi) is 3.34. The Balaban J connectivity index is 1.86. The second-order valence-electron chi connectivity index (χ2n) is 4.64. The van der Waals surface area contributed by atoms with Gasteiger partial charge < -0.3 is 5.32 Å². The molecule has 19 heavy (non-hydrogen) atoms. The van der Waals surface area contributed by atoms with Crippen LogP contribution in [0.25, 0.3) is 0 Å². The lowest BCUT2D eigenvalue weighted by atomic mass is 10.1. The number of carbonyl (C=O) groups excluding carboxylic acids is 1. The summed E-state index contributed by atoms with van der Waals surface area (Å²) in [7, 11) is 0. The molecule has 0 aliphatic heterocycles. The predicted octanol–water partition coefficient (Wildman–Crippen LogP) is 3.59. The first-order valence-corrected chi connectivity index (χ1v) is 7.06. The van der Waals surface area contributed by atoms with Crippen molar-refractivity contribution in [1.82, 2.24) is 4.98 Å². The zero-order valence-electron chi connectivity index (χ0n) is 10.3. The van der Waals surface area contributed by atoms with Crippen molar-refractivity contribution in [2.75, 3.05) is 5.32 Å². The lowest BCUT2D eigenvalue weighted by Crippen LogP contribution is -2.12. The van der Waals surface area contributed by atoms with Gasteiger partial charge in [-0.3, -0.25) is 9.78 Å². The summed E-state index contributed by atoms with van der Waals surface area (Å²) in [4.78, 5) is 16.0. The van der Waals surface area contributed by atoms with Crippen LogP contribution in [-0.4, -0.2) is 10.9 Å². The smallest absolute Gasteiger partial charge is 0.255 e. The van der Waals surface area contributed by atoms with E-state index < -0.39 is 0 Å². The van der Waals surface area contributed by atoms with E-state index in [2.05, 4.69) is 38.4 Å². The Morgan fingerprint density at radius 2 is 1.84 bits per heavy atom. The molecule has 1 aliphatic carbocycles. The highest BCUT2D eigenvalue weighted by molar-refractivity contribution is 9.10. The fraction of sp³-hybridized carbons (Fsp3) is 0.200. The average Bonchev–Trinajstić information content (AvgIpc) is 2.87. The fourth-order valence-electron chi connectivity index (χ4n) is 2.39. The quantitative estimate of drug-likeness (QED) is 0.920. The van der Waals surface area contributed by atoms with Crippen LogP contribution < -0.4 is 5.32 Å². The number of nitrogens with zero attached hydrogens (tertiary/aromatic N) is 1. The summed E-state index contributed by atoms with van der Waals surface area (Å²) in [5.74, 6) is -0.110. The molecular weight excluding hydrogens is 304 g/mol. The van der Waals surface area contributed by atoms with E-state index in [0.717, 1.165) is 23.0 Å². The molecule has 2 aromatic rings. The van der Waals surface area contributed by atoms with Crippen LogP contribution in [0, 0.1) is 0 Å². The van der Waals surface area contributed by atoms with Gasteiger partial charge in [0.05, 0.1) is 5.69 Å². The van der Waals surface area contributed by atoms with E-state index in [1.165, 1.54) is 17.5 Å². The van der Waals surface area contributed by atoms with Crippen molar-refractivity contribution in [3.05, 3.63) is 57.8 Å². The van der Waals surface area contributed by atoms with Crippen LogP contribution in [0.3, 0.4) is 0 Å². The van der Waals surface area contributed by atoms with Crippen molar-refractivity contribution in [2.45, 2.75) is 19.3 Å². The van der Waals surface area contributed by atoms with Crippen LogP contribution in [0.4, 0.5) is 5.69 Å². The molecule has 0 unspecified atom stereocenters. The maximum Gasteiger partial charge on any atom is 0.255 e. The molecule has 3 nitrogen and oxygen atoms in total. The van der Waals surface area contributed by atoms with Crippen molar-refractivity contribution in [3.8, 4) is 0 Å². The number of anilines is 1. The molecule has 0 bridgehead atoms. The van der Waals surface area contributed by atoms with Crippen LogP contribution in [0.15, 0.2) is 41.1 Å². The Morgan fingerprint density at radius 1 is 1.16 bits per heavy atom. The van der Waals surface area contributed by atoms with E-state index in [0.29, 0.717) is 5.56 Å². The zero-order chi connectivity index (χ0) is 13.2. The topological polar surface area (TPSA) is 42.0 Å². The summed E-state index contributed by atoms with van der Waals surface area (Å²) in [5, 5.41) is 2.94. The fourth-order valence-corrected chi connectivity index (χ4v) is 2.88. The number of nitrogens with one attached hydrogen (secondary N) is 1. The Hall–Kier alpha value is -1.68. The molecule has 1 heterocycles. The molecule has 0 fully saturated rings. The summed E-state index contributed by atoms with van der Waals surface area (Å²) in [6.45, 7) is 0. The minimum Gasteiger partial charge on any atom is -0.321 e. The molecule has 1 aromatic carbocycles. The van der Waals surface area contributed by atoms with Gasteiger partial charge in [-0.25, -0.2) is 0 Å². The highest BCUT2D eigenvalue weighted by Crippen LogP contribution is 2.31. The van der Waals surface area contributed by atoms with Gasteiger partial charge in [0, 0.05) is 22.4 Å². The highest BCUT2D eigenvalue weighted by Gasteiger charge is 2.15. The second-order valence-corrected chi connectivity index (χ2v) is 5.50. The van der Waals surface area contributed by atoms with Gasteiger partial charge in [-0.1, -0.05) is 0 Å². The summed E-state index contributed by atoms with van der Waals surface area (Å²) in [6, 6.07) is 7.60. The largest absolute Gasteiger partial charge is 0.321 e. The first-order valence-electron chi connectivity index (χ1n) is 6.27. The van der Waals surface area contributed by atoms with Crippen molar-refractivity contribution >= 4 is 27.5 Å². The Morgan fingerprint density at radius 3 is 2.58 bits per heavy atom. The monoisotopic (exact) mass is 316 g/mol. The van der Waals surface area contributed by atoms with Gasteiger partial charge in [-0.05, 0) is 70.6 Å². The van der Waals surface area contributed by atoms with Crippen LogP contribution >= 0.6 is 15.9 Å². The predicted molar refractivity (Wildman–Crippen MR) is 78.4 cm³/mol. The molecule has 3 rings (SSSR count). The minimum atomic E-state index is -0.110. The van der Waals surface area contributed by atoms with E-state index in [1.807, 2.05) is 0 Å². The minimum absolute atomic E-state index is 0.110. The lowest BCUT2D eigenvalue weighted by Gasteiger charge is -2.10. The van der Waals surface area contributed by atoms with Gasteiger partial charge >= 0.3 is 0 Å². The SMILES string of the molecule is O=C(Nc1cc2c(cc1Br)CCC2)c1ccncc1.